The number of methoxy groups -OCH3 is 1. The van der Waals surface area contributed by atoms with Gasteiger partial charge in [0, 0.05) is 16.7 Å². The molecule has 0 aliphatic heterocycles. The van der Waals surface area contributed by atoms with E-state index < -0.39 is 0 Å². The molecule has 2 heterocycles. The Morgan fingerprint density at radius 1 is 1.21 bits per heavy atom. The normalized spacial score (nSPS) is 11.6. The zero-order chi connectivity index (χ0) is 16.9. The number of hydrogen-bond acceptors (Lipinski definition) is 6. The number of aryl methyl sites for hydroxylation is 2. The topological polar surface area (TPSA) is 59.4 Å². The second kappa shape index (κ2) is 7.23. The average molecular weight is 338 g/mol. The van der Waals surface area contributed by atoms with E-state index >= 15 is 0 Å². The van der Waals surface area contributed by atoms with Gasteiger partial charge in [0.05, 0.1) is 12.5 Å². The Balaban J connectivity index is 1.74. The van der Waals surface area contributed by atoms with E-state index in [0.717, 1.165) is 27.3 Å². The van der Waals surface area contributed by atoms with Gasteiger partial charge in [0.15, 0.2) is 5.82 Å². The SMILES string of the molecule is COc1ccccc1/C=C/C=N/Nc1ncnc2sc(C)c(C)c12. The molecular weight excluding hydrogens is 320 g/mol. The van der Waals surface area contributed by atoms with Crippen molar-refractivity contribution < 1.29 is 4.74 Å². The highest BCUT2D eigenvalue weighted by Crippen LogP contribution is 2.32. The molecule has 0 spiro atoms. The van der Waals surface area contributed by atoms with Gasteiger partial charge in [-0.2, -0.15) is 5.10 Å². The molecule has 24 heavy (non-hydrogen) atoms. The molecule has 2 aromatic heterocycles. The summed E-state index contributed by atoms with van der Waals surface area (Å²) in [6.45, 7) is 4.17. The summed E-state index contributed by atoms with van der Waals surface area (Å²) in [6, 6.07) is 7.82. The van der Waals surface area contributed by atoms with Crippen molar-refractivity contribution in [2.75, 3.05) is 12.5 Å². The van der Waals surface area contributed by atoms with E-state index in [2.05, 4.69) is 34.3 Å². The van der Waals surface area contributed by atoms with E-state index in [4.69, 9.17) is 4.74 Å². The maximum Gasteiger partial charge on any atom is 0.158 e. The third-order valence-corrected chi connectivity index (χ3v) is 4.83. The van der Waals surface area contributed by atoms with Crippen LogP contribution in [0.5, 0.6) is 5.75 Å². The standard InChI is InChI=1S/C18H18N4OS/c1-12-13(2)24-18-16(12)17(19-11-20-18)22-21-10-6-8-14-7-4-5-9-15(14)23-3/h4-11H,1-3H3,(H,19,20,22)/b8-6+,21-10+. The summed E-state index contributed by atoms with van der Waals surface area (Å²) in [7, 11) is 1.66. The summed E-state index contributed by atoms with van der Waals surface area (Å²) in [4.78, 5) is 10.8. The van der Waals surface area contributed by atoms with E-state index in [1.807, 2.05) is 36.4 Å². The quantitative estimate of drug-likeness (QED) is 0.552. The Morgan fingerprint density at radius 2 is 2.04 bits per heavy atom. The number of ether oxygens (including phenoxy) is 1. The van der Waals surface area contributed by atoms with Gasteiger partial charge in [-0.05, 0) is 37.6 Å². The number of allylic oxidation sites excluding steroid dienone is 1. The molecule has 0 amide bonds. The lowest BCUT2D eigenvalue weighted by Crippen LogP contribution is -1.94. The average Bonchev–Trinajstić information content (AvgIpc) is 2.90. The first-order valence-corrected chi connectivity index (χ1v) is 8.32. The van der Waals surface area contributed by atoms with Crippen LogP contribution in [-0.4, -0.2) is 23.3 Å². The van der Waals surface area contributed by atoms with E-state index in [1.54, 1.807) is 31.0 Å². The van der Waals surface area contributed by atoms with Gasteiger partial charge in [0.2, 0.25) is 0 Å². The zero-order valence-corrected chi connectivity index (χ0v) is 14.6. The van der Waals surface area contributed by atoms with Crippen molar-refractivity contribution in [1.82, 2.24) is 9.97 Å². The fraction of sp³-hybridized carbons (Fsp3) is 0.167. The fourth-order valence-corrected chi connectivity index (χ4v) is 3.36. The minimum absolute atomic E-state index is 0.726. The number of anilines is 1. The Morgan fingerprint density at radius 3 is 2.88 bits per heavy atom. The highest BCUT2D eigenvalue weighted by Gasteiger charge is 2.10. The predicted octanol–water partition coefficient (Wildman–Crippen LogP) is 4.43. The molecule has 122 valence electrons. The number of fused-ring (bicyclic) bond motifs is 1. The second-order valence-corrected chi connectivity index (χ2v) is 6.38. The number of rotatable bonds is 5. The Kier molecular flexibility index (Phi) is 4.86. The molecule has 5 nitrogen and oxygen atoms in total. The number of aromatic nitrogens is 2. The third kappa shape index (κ3) is 3.28. The van der Waals surface area contributed by atoms with Gasteiger partial charge in [0.1, 0.15) is 16.9 Å². The Hall–Kier alpha value is -2.73. The lowest BCUT2D eigenvalue weighted by atomic mass is 10.2. The van der Waals surface area contributed by atoms with Crippen LogP contribution in [-0.2, 0) is 0 Å². The summed E-state index contributed by atoms with van der Waals surface area (Å²) in [5.74, 6) is 1.56. The van der Waals surface area contributed by atoms with Crippen molar-refractivity contribution in [1.29, 1.82) is 0 Å². The first-order valence-electron chi connectivity index (χ1n) is 7.50. The van der Waals surface area contributed by atoms with Gasteiger partial charge in [-0.3, -0.25) is 5.43 Å². The number of hydrazone groups is 1. The number of hydrogen-bond donors (Lipinski definition) is 1. The smallest absolute Gasteiger partial charge is 0.158 e. The number of nitrogens with zero attached hydrogens (tertiary/aromatic N) is 3. The molecular formula is C18H18N4OS. The monoisotopic (exact) mass is 338 g/mol. The molecule has 0 saturated heterocycles. The van der Waals surface area contributed by atoms with Crippen molar-refractivity contribution in [3.05, 3.63) is 52.7 Å². The third-order valence-electron chi connectivity index (χ3n) is 3.71. The maximum atomic E-state index is 5.31. The fourth-order valence-electron chi connectivity index (χ4n) is 2.36. The molecule has 3 aromatic rings. The molecule has 0 fully saturated rings. The molecule has 1 N–H and O–H groups in total. The zero-order valence-electron chi connectivity index (χ0n) is 13.8. The van der Waals surface area contributed by atoms with E-state index in [1.165, 1.54) is 10.4 Å². The van der Waals surface area contributed by atoms with Crippen molar-refractivity contribution in [2.45, 2.75) is 13.8 Å². The number of thiophene rings is 1. The minimum Gasteiger partial charge on any atom is -0.496 e. The van der Waals surface area contributed by atoms with Crippen molar-refractivity contribution in [2.24, 2.45) is 5.10 Å². The highest BCUT2D eigenvalue weighted by atomic mass is 32.1. The maximum absolute atomic E-state index is 5.31. The van der Waals surface area contributed by atoms with Gasteiger partial charge in [-0.25, -0.2) is 9.97 Å². The van der Waals surface area contributed by atoms with Gasteiger partial charge < -0.3 is 4.74 Å². The molecule has 0 saturated carbocycles. The summed E-state index contributed by atoms with van der Waals surface area (Å²) in [5.41, 5.74) is 5.19. The van der Waals surface area contributed by atoms with Crippen LogP contribution in [0.1, 0.15) is 16.0 Å². The first-order chi connectivity index (χ1) is 11.7. The van der Waals surface area contributed by atoms with Crippen LogP contribution in [0, 0.1) is 13.8 Å². The van der Waals surface area contributed by atoms with Crippen LogP contribution in [0.3, 0.4) is 0 Å². The molecule has 0 radical (unpaired) electrons. The van der Waals surface area contributed by atoms with Crippen LogP contribution >= 0.6 is 11.3 Å². The van der Waals surface area contributed by atoms with E-state index in [0.29, 0.717) is 0 Å². The lowest BCUT2D eigenvalue weighted by Gasteiger charge is -2.02. The largest absolute Gasteiger partial charge is 0.496 e. The first kappa shape index (κ1) is 16.1. The van der Waals surface area contributed by atoms with Crippen LogP contribution in [0.15, 0.2) is 41.8 Å². The van der Waals surface area contributed by atoms with Crippen LogP contribution in [0.4, 0.5) is 5.82 Å². The van der Waals surface area contributed by atoms with Gasteiger partial charge in [-0.15, -0.1) is 11.3 Å². The van der Waals surface area contributed by atoms with Crippen molar-refractivity contribution >= 4 is 39.7 Å². The van der Waals surface area contributed by atoms with Gasteiger partial charge in [-0.1, -0.05) is 18.2 Å². The molecule has 0 unspecified atom stereocenters. The lowest BCUT2D eigenvalue weighted by molar-refractivity contribution is 0.414. The van der Waals surface area contributed by atoms with Gasteiger partial charge >= 0.3 is 0 Å². The summed E-state index contributed by atoms with van der Waals surface area (Å²) < 4.78 is 5.31. The van der Waals surface area contributed by atoms with Crippen molar-refractivity contribution in [3.8, 4) is 5.75 Å². The minimum atomic E-state index is 0.726. The Labute approximate surface area is 144 Å². The van der Waals surface area contributed by atoms with Gasteiger partial charge in [0.25, 0.3) is 0 Å². The Bertz CT molecular complexity index is 915. The molecule has 0 atom stereocenters. The van der Waals surface area contributed by atoms with E-state index in [-0.39, 0.29) is 0 Å². The number of para-hydroxylation sites is 1. The van der Waals surface area contributed by atoms with Crippen LogP contribution in [0.25, 0.3) is 16.3 Å². The second-order valence-electron chi connectivity index (χ2n) is 5.18. The highest BCUT2D eigenvalue weighted by molar-refractivity contribution is 7.18. The van der Waals surface area contributed by atoms with E-state index in [9.17, 15) is 0 Å². The molecule has 1 aromatic carbocycles. The molecule has 6 heteroatoms. The van der Waals surface area contributed by atoms with Crippen molar-refractivity contribution in [3.63, 3.8) is 0 Å². The van der Waals surface area contributed by atoms with Crippen LogP contribution in [0.2, 0.25) is 0 Å². The number of nitrogens with one attached hydrogen (secondary N) is 1. The molecule has 0 aliphatic carbocycles. The summed E-state index contributed by atoms with van der Waals surface area (Å²) in [6.07, 6.45) is 7.05. The molecule has 3 rings (SSSR count). The number of benzene rings is 1. The predicted molar refractivity (Wildman–Crippen MR) is 101 cm³/mol. The summed E-state index contributed by atoms with van der Waals surface area (Å²) in [5, 5.41) is 5.26. The van der Waals surface area contributed by atoms with Crippen LogP contribution < -0.4 is 10.2 Å². The molecule has 0 aliphatic rings. The molecule has 0 bridgehead atoms. The summed E-state index contributed by atoms with van der Waals surface area (Å²) >= 11 is 1.67.